The second-order valence-corrected chi connectivity index (χ2v) is 7.81. The van der Waals surface area contributed by atoms with E-state index in [1.165, 1.54) is 16.3 Å². The zero-order valence-corrected chi connectivity index (χ0v) is 17.9. The number of amides is 1. The minimum Gasteiger partial charge on any atom is -0.325 e. The Morgan fingerprint density at radius 3 is 2.38 bits per heavy atom. The summed E-state index contributed by atoms with van der Waals surface area (Å²) in [4.78, 5) is 47.0. The highest BCUT2D eigenvalue weighted by Gasteiger charge is 2.16. The third-order valence-electron chi connectivity index (χ3n) is 5.24. The Labute approximate surface area is 184 Å². The minimum absolute atomic E-state index is 0.0605. The van der Waals surface area contributed by atoms with E-state index >= 15 is 0 Å². The molecular formula is C24H23N5O3. The third kappa shape index (κ3) is 4.34. The summed E-state index contributed by atoms with van der Waals surface area (Å²) in [5.41, 5.74) is 1.94. The molecule has 0 aliphatic heterocycles. The summed E-state index contributed by atoms with van der Waals surface area (Å²) in [6.45, 7) is 4.01. The number of aromatic nitrogens is 4. The lowest BCUT2D eigenvalue weighted by Gasteiger charge is -2.14. The van der Waals surface area contributed by atoms with Gasteiger partial charge in [-0.2, -0.15) is 0 Å². The highest BCUT2D eigenvalue weighted by Crippen LogP contribution is 2.17. The maximum absolute atomic E-state index is 13.2. The number of fused-ring (bicyclic) bond motifs is 1. The Bertz CT molecular complexity index is 1370. The number of benzene rings is 1. The maximum atomic E-state index is 13.2. The molecule has 0 aliphatic rings. The molecular weight excluding hydrogens is 406 g/mol. The largest absolute Gasteiger partial charge is 0.332 e. The molecule has 4 rings (SSSR count). The van der Waals surface area contributed by atoms with Gasteiger partial charge in [-0.05, 0) is 53.4 Å². The molecule has 4 aromatic rings. The normalized spacial score (nSPS) is 11.1. The number of anilines is 1. The van der Waals surface area contributed by atoms with Crippen LogP contribution in [-0.4, -0.2) is 25.0 Å². The van der Waals surface area contributed by atoms with Gasteiger partial charge in [0, 0.05) is 24.3 Å². The van der Waals surface area contributed by atoms with Crippen molar-refractivity contribution in [3.8, 4) is 0 Å². The fourth-order valence-corrected chi connectivity index (χ4v) is 3.50. The predicted octanol–water partition coefficient (Wildman–Crippen LogP) is 2.76. The number of hydrogen-bond donors (Lipinski definition) is 1. The van der Waals surface area contributed by atoms with Gasteiger partial charge in [-0.3, -0.25) is 23.7 Å². The molecule has 8 nitrogen and oxygen atoms in total. The molecule has 0 saturated carbocycles. The van der Waals surface area contributed by atoms with Gasteiger partial charge in [-0.25, -0.2) is 9.78 Å². The third-order valence-corrected chi connectivity index (χ3v) is 5.24. The zero-order chi connectivity index (χ0) is 22.7. The molecule has 0 aliphatic carbocycles. The molecule has 3 aromatic heterocycles. The van der Waals surface area contributed by atoms with Crippen molar-refractivity contribution in [2.24, 2.45) is 0 Å². The lowest BCUT2D eigenvalue weighted by molar-refractivity contribution is -0.116. The molecule has 3 heterocycles. The SMILES string of the molecule is CC(C)c1ccc(NC(=O)Cn2c(=O)n(Cc3ccncc3)c(=O)c3ncccc32)cc1. The summed E-state index contributed by atoms with van der Waals surface area (Å²) in [6.07, 6.45) is 4.68. The fourth-order valence-electron chi connectivity index (χ4n) is 3.50. The van der Waals surface area contributed by atoms with Crippen LogP contribution in [0.15, 0.2) is 76.7 Å². The average Bonchev–Trinajstić information content (AvgIpc) is 2.80. The Morgan fingerprint density at radius 2 is 1.69 bits per heavy atom. The van der Waals surface area contributed by atoms with Crippen LogP contribution in [0.1, 0.15) is 30.9 Å². The van der Waals surface area contributed by atoms with Crippen molar-refractivity contribution in [1.82, 2.24) is 19.1 Å². The van der Waals surface area contributed by atoms with Gasteiger partial charge in [0.2, 0.25) is 5.91 Å². The Balaban J connectivity index is 1.69. The van der Waals surface area contributed by atoms with E-state index in [1.54, 1.807) is 36.7 Å². The second-order valence-electron chi connectivity index (χ2n) is 7.81. The molecule has 1 N–H and O–H groups in total. The van der Waals surface area contributed by atoms with E-state index in [4.69, 9.17) is 0 Å². The predicted molar refractivity (Wildman–Crippen MR) is 123 cm³/mol. The first-order valence-electron chi connectivity index (χ1n) is 10.3. The number of pyridine rings is 2. The van der Waals surface area contributed by atoms with Crippen molar-refractivity contribution in [3.05, 3.63) is 99.1 Å². The van der Waals surface area contributed by atoms with Crippen LogP contribution in [-0.2, 0) is 17.9 Å². The van der Waals surface area contributed by atoms with E-state index in [2.05, 4.69) is 29.1 Å². The molecule has 0 saturated heterocycles. The van der Waals surface area contributed by atoms with E-state index in [1.807, 2.05) is 24.3 Å². The first-order valence-corrected chi connectivity index (χ1v) is 10.3. The topological polar surface area (TPSA) is 98.9 Å². The first-order chi connectivity index (χ1) is 15.4. The van der Waals surface area contributed by atoms with Crippen molar-refractivity contribution >= 4 is 22.6 Å². The summed E-state index contributed by atoms with van der Waals surface area (Å²) < 4.78 is 2.37. The highest BCUT2D eigenvalue weighted by molar-refractivity contribution is 5.91. The molecule has 0 atom stereocenters. The van der Waals surface area contributed by atoms with Gasteiger partial charge in [0.15, 0.2) is 5.52 Å². The van der Waals surface area contributed by atoms with Crippen LogP contribution in [0.25, 0.3) is 11.0 Å². The monoisotopic (exact) mass is 429 g/mol. The van der Waals surface area contributed by atoms with Gasteiger partial charge in [0.25, 0.3) is 5.56 Å². The van der Waals surface area contributed by atoms with Gasteiger partial charge in [-0.1, -0.05) is 26.0 Å². The summed E-state index contributed by atoms with van der Waals surface area (Å²) in [6, 6.07) is 14.3. The molecule has 0 radical (unpaired) electrons. The smallest absolute Gasteiger partial charge is 0.325 e. The van der Waals surface area contributed by atoms with E-state index in [9.17, 15) is 14.4 Å². The number of rotatable bonds is 6. The van der Waals surface area contributed by atoms with Crippen LogP contribution in [0, 0.1) is 0 Å². The number of hydrogen-bond acceptors (Lipinski definition) is 5. The highest BCUT2D eigenvalue weighted by atomic mass is 16.2. The Hall–Kier alpha value is -4.07. The molecule has 0 bridgehead atoms. The van der Waals surface area contributed by atoms with Crippen LogP contribution in [0.5, 0.6) is 0 Å². The van der Waals surface area contributed by atoms with E-state index in [0.717, 1.165) is 10.1 Å². The lowest BCUT2D eigenvalue weighted by Crippen LogP contribution is -2.42. The van der Waals surface area contributed by atoms with Gasteiger partial charge in [0.05, 0.1) is 12.1 Å². The quantitative estimate of drug-likeness (QED) is 0.508. The van der Waals surface area contributed by atoms with Crippen molar-refractivity contribution in [1.29, 1.82) is 0 Å². The Morgan fingerprint density at radius 1 is 0.969 bits per heavy atom. The number of carbonyl (C=O) groups is 1. The standard InChI is InChI=1S/C24H23N5O3/c1-16(2)18-5-7-19(8-6-18)27-21(30)15-28-20-4-3-11-26-22(20)23(31)29(24(28)32)14-17-9-12-25-13-10-17/h3-13,16H,14-15H2,1-2H3,(H,27,30). The van der Waals surface area contributed by atoms with Crippen LogP contribution >= 0.6 is 0 Å². The average molecular weight is 429 g/mol. The van der Waals surface area contributed by atoms with Crippen molar-refractivity contribution < 1.29 is 4.79 Å². The number of carbonyl (C=O) groups excluding carboxylic acids is 1. The molecule has 0 unspecified atom stereocenters. The molecule has 0 spiro atoms. The first kappa shape index (κ1) is 21.2. The van der Waals surface area contributed by atoms with E-state index in [0.29, 0.717) is 17.1 Å². The van der Waals surface area contributed by atoms with Crippen LogP contribution in [0.3, 0.4) is 0 Å². The second kappa shape index (κ2) is 8.97. The maximum Gasteiger partial charge on any atom is 0.332 e. The minimum atomic E-state index is -0.572. The fraction of sp³-hybridized carbons (Fsp3) is 0.208. The number of nitrogens with one attached hydrogen (secondary N) is 1. The molecule has 162 valence electrons. The van der Waals surface area contributed by atoms with Gasteiger partial charge in [0.1, 0.15) is 6.54 Å². The van der Waals surface area contributed by atoms with Gasteiger partial charge >= 0.3 is 5.69 Å². The zero-order valence-electron chi connectivity index (χ0n) is 17.9. The molecule has 8 heteroatoms. The lowest BCUT2D eigenvalue weighted by atomic mass is 10.0. The number of nitrogens with zero attached hydrogens (tertiary/aromatic N) is 4. The van der Waals surface area contributed by atoms with Crippen LogP contribution in [0.4, 0.5) is 5.69 Å². The van der Waals surface area contributed by atoms with Gasteiger partial charge in [-0.15, -0.1) is 0 Å². The van der Waals surface area contributed by atoms with Crippen molar-refractivity contribution in [3.63, 3.8) is 0 Å². The van der Waals surface area contributed by atoms with Crippen LogP contribution in [0.2, 0.25) is 0 Å². The summed E-state index contributed by atoms with van der Waals surface area (Å²) in [5.74, 6) is 0.0160. The van der Waals surface area contributed by atoms with Gasteiger partial charge < -0.3 is 5.32 Å². The van der Waals surface area contributed by atoms with Crippen molar-refractivity contribution in [2.45, 2.75) is 32.9 Å². The van der Waals surface area contributed by atoms with E-state index < -0.39 is 11.2 Å². The summed E-state index contributed by atoms with van der Waals surface area (Å²) >= 11 is 0. The van der Waals surface area contributed by atoms with Crippen molar-refractivity contribution in [2.75, 3.05) is 5.32 Å². The summed E-state index contributed by atoms with van der Waals surface area (Å²) in [7, 11) is 0. The molecule has 0 fully saturated rings. The molecule has 32 heavy (non-hydrogen) atoms. The Kier molecular flexibility index (Phi) is 5.93. The van der Waals surface area contributed by atoms with Crippen LogP contribution < -0.4 is 16.6 Å². The molecule has 1 aromatic carbocycles. The van der Waals surface area contributed by atoms with E-state index in [-0.39, 0.29) is 24.5 Å². The molecule has 1 amide bonds. The summed E-state index contributed by atoms with van der Waals surface area (Å²) in [5, 5.41) is 2.82.